The van der Waals surface area contributed by atoms with E-state index in [2.05, 4.69) is 53.9 Å². The summed E-state index contributed by atoms with van der Waals surface area (Å²) in [5, 5.41) is 24.0. The van der Waals surface area contributed by atoms with E-state index in [1.165, 1.54) is 11.1 Å². The molecule has 1 aromatic heterocycles. The maximum atomic E-state index is 16.3. The molecule has 3 aliphatic heterocycles. The van der Waals surface area contributed by atoms with Crippen LogP contribution < -0.4 is 15.5 Å². The van der Waals surface area contributed by atoms with Gasteiger partial charge in [-0.3, -0.25) is 14.3 Å². The Balaban J connectivity index is 1.48. The minimum Gasteiger partial charge on any atom is -0.396 e. The number of allylic oxidation sites excluding steroid dienone is 3. The number of anilines is 2. The molecule has 2 fully saturated rings. The topological polar surface area (TPSA) is 122 Å². The summed E-state index contributed by atoms with van der Waals surface area (Å²) in [5.41, 5.74) is 3.34. The number of carbonyl (C=O) groups excluding carboxylic acids is 2. The van der Waals surface area contributed by atoms with Gasteiger partial charge in [0.25, 0.3) is 5.91 Å². The minimum absolute atomic E-state index is 0.0175. The molecule has 10 nitrogen and oxygen atoms in total. The van der Waals surface area contributed by atoms with Crippen LogP contribution in [0.2, 0.25) is 18.6 Å². The van der Waals surface area contributed by atoms with Gasteiger partial charge in [-0.25, -0.2) is 0 Å². The molecule has 0 saturated carbocycles. The molecule has 1 unspecified atom stereocenters. The summed E-state index contributed by atoms with van der Waals surface area (Å²) in [4.78, 5) is 29.8. The fraction of sp³-hybridized carbons (Fsp3) is 0.611. The minimum atomic E-state index is -3.35. The lowest BCUT2D eigenvalue weighted by molar-refractivity contribution is -0.145. The van der Waals surface area contributed by atoms with E-state index >= 15 is 4.11 Å². The monoisotopic (exact) mass is 680 g/mol. The number of rotatable bonds is 13. The van der Waals surface area contributed by atoms with Gasteiger partial charge in [0, 0.05) is 61.6 Å². The van der Waals surface area contributed by atoms with Crippen LogP contribution in [-0.4, -0.2) is 72.7 Å². The van der Waals surface area contributed by atoms with E-state index in [9.17, 15) is 14.7 Å². The largest absolute Gasteiger partial charge is 0.396 e. The van der Waals surface area contributed by atoms with Gasteiger partial charge in [-0.15, -0.1) is 5.10 Å². The number of aryl methyl sites for hydroxylation is 1. The van der Waals surface area contributed by atoms with Gasteiger partial charge in [0.15, 0.2) is 5.60 Å². The van der Waals surface area contributed by atoms with Crippen LogP contribution in [0.3, 0.4) is 0 Å². The van der Waals surface area contributed by atoms with Crippen molar-refractivity contribution in [3.05, 3.63) is 59.0 Å². The second kappa shape index (κ2) is 15.1. The first-order valence-corrected chi connectivity index (χ1v) is 20.4. The number of nitrogens with one attached hydrogen (secondary N) is 2. The summed E-state index contributed by atoms with van der Waals surface area (Å²) in [5.74, 6) is -0.798. The summed E-state index contributed by atoms with van der Waals surface area (Å²) in [6.07, 6.45) is 10.0. The van der Waals surface area contributed by atoms with Crippen molar-refractivity contribution in [1.82, 2.24) is 20.3 Å². The van der Waals surface area contributed by atoms with E-state index in [4.69, 9.17) is 4.74 Å². The molecule has 0 bridgehead atoms. The quantitative estimate of drug-likeness (QED) is 0.142. The maximum absolute atomic E-state index is 16.3. The molecule has 4 heterocycles. The van der Waals surface area contributed by atoms with Crippen LogP contribution in [0.25, 0.3) is 0 Å². The Hall–Kier alpha value is -3.19. The first-order chi connectivity index (χ1) is 22.8. The van der Waals surface area contributed by atoms with E-state index in [0.29, 0.717) is 49.4 Å². The molecule has 262 valence electrons. The number of halogens is 1. The summed E-state index contributed by atoms with van der Waals surface area (Å²) < 4.78 is 25.0. The molecule has 2 amide bonds. The molecule has 3 aliphatic rings. The van der Waals surface area contributed by atoms with Crippen LogP contribution in [0.15, 0.2) is 47.7 Å². The molecular weight excluding hydrogens is 628 g/mol. The number of hydrogen-bond donors (Lipinski definition) is 3. The average Bonchev–Trinajstić information content (AvgIpc) is 3.68. The van der Waals surface area contributed by atoms with Crippen LogP contribution in [0.5, 0.6) is 0 Å². The Morgan fingerprint density at radius 2 is 2.06 bits per heavy atom. The highest BCUT2D eigenvalue weighted by atomic mass is 28.4. The lowest BCUT2D eigenvalue weighted by Crippen LogP contribution is -2.45. The van der Waals surface area contributed by atoms with Gasteiger partial charge in [-0.05, 0) is 90.7 Å². The summed E-state index contributed by atoms with van der Waals surface area (Å²) in [7, 11) is -3.35. The Labute approximate surface area is 285 Å². The van der Waals surface area contributed by atoms with Gasteiger partial charge >= 0.3 is 0 Å². The third-order valence-corrected chi connectivity index (χ3v) is 12.7. The normalized spacial score (nSPS) is 25.9. The van der Waals surface area contributed by atoms with E-state index in [1.807, 2.05) is 25.1 Å². The van der Waals surface area contributed by atoms with Crippen molar-refractivity contribution in [2.45, 2.75) is 103 Å². The van der Waals surface area contributed by atoms with Gasteiger partial charge in [0.2, 0.25) is 14.3 Å². The predicted octanol–water partition coefficient (Wildman–Crippen LogP) is 5.66. The van der Waals surface area contributed by atoms with Crippen molar-refractivity contribution in [2.24, 2.45) is 11.8 Å². The van der Waals surface area contributed by atoms with Crippen molar-refractivity contribution < 1.29 is 23.5 Å². The maximum Gasteiger partial charge on any atom is 0.264 e. The molecular formula is C36H53FN6O4Si. The van der Waals surface area contributed by atoms with Crippen LogP contribution in [0, 0.1) is 11.8 Å². The van der Waals surface area contributed by atoms with Gasteiger partial charge in [0.05, 0.1) is 23.4 Å². The molecule has 5 rings (SSSR count). The Morgan fingerprint density at radius 3 is 2.75 bits per heavy atom. The van der Waals surface area contributed by atoms with Gasteiger partial charge < -0.3 is 29.5 Å². The lowest BCUT2D eigenvalue weighted by Gasteiger charge is -2.31. The van der Waals surface area contributed by atoms with Gasteiger partial charge in [-0.2, -0.15) is 0 Å². The van der Waals surface area contributed by atoms with Crippen LogP contribution in [0.1, 0.15) is 71.1 Å². The average molecular weight is 681 g/mol. The molecule has 0 radical (unpaired) electrons. The molecule has 1 aromatic carbocycles. The second-order valence-electron chi connectivity index (χ2n) is 14.6. The van der Waals surface area contributed by atoms with Crippen molar-refractivity contribution in [1.29, 1.82) is 0 Å². The smallest absolute Gasteiger partial charge is 0.264 e. The van der Waals surface area contributed by atoms with Gasteiger partial charge in [-0.1, -0.05) is 35.4 Å². The Morgan fingerprint density at radius 1 is 1.27 bits per heavy atom. The zero-order chi connectivity index (χ0) is 34.6. The summed E-state index contributed by atoms with van der Waals surface area (Å²) >= 11 is 0. The first-order valence-electron chi connectivity index (χ1n) is 17.5. The number of aliphatic hydroxyl groups excluding tert-OH is 1. The highest BCUT2D eigenvalue weighted by molar-refractivity contribution is 6.72. The second-order valence-corrected chi connectivity index (χ2v) is 18.4. The summed E-state index contributed by atoms with van der Waals surface area (Å²) in [6.45, 7) is 14.0. The third-order valence-electron chi connectivity index (χ3n) is 10.2. The number of aromatic nitrogens is 3. The van der Waals surface area contributed by atoms with Crippen molar-refractivity contribution in [3.63, 3.8) is 0 Å². The SMILES string of the molecule is CC(C)=CCC/C(C)=C/CN1C(=O)[C@@]2(O[C@@H](CCn3cc(CCO)nn3)[C@H]([Si](C)(C)F)[C@H]2C)c2cc(NC(=O)C3CCCNC3)ccc21. The standard InChI is InChI=1S/C36H53FN6O4Si/c1-24(2)9-7-10-25(3)14-19-43-31-13-12-28(39-34(45)27-11-8-17-38-22-27)21-30(31)36(35(43)46)26(4)33(48(5,6)37)32(47-36)15-18-42-23-29(16-20-44)40-41-42/h9,12-14,21,23,26-27,32-33,38,44H,7-8,10-11,15-20,22H2,1-6H3,(H,39,45)/b25-14+/t26-,27?,32+,33-,36+/m1/s1. The van der Waals surface area contributed by atoms with E-state index in [-0.39, 0.29) is 24.3 Å². The number of carbonyl (C=O) groups is 2. The number of piperidine rings is 1. The number of ether oxygens (including phenoxy) is 1. The highest BCUT2D eigenvalue weighted by Gasteiger charge is 2.66. The highest BCUT2D eigenvalue weighted by Crippen LogP contribution is 2.60. The summed E-state index contributed by atoms with van der Waals surface area (Å²) in [6, 6.07) is 5.64. The van der Waals surface area contributed by atoms with Crippen LogP contribution in [0.4, 0.5) is 15.5 Å². The van der Waals surface area contributed by atoms with Crippen molar-refractivity contribution >= 4 is 31.6 Å². The number of nitrogens with zero attached hydrogens (tertiary/aromatic N) is 4. The van der Waals surface area contributed by atoms with Crippen LogP contribution in [-0.2, 0) is 32.9 Å². The van der Waals surface area contributed by atoms with Crippen LogP contribution >= 0.6 is 0 Å². The van der Waals surface area contributed by atoms with E-state index in [1.54, 1.807) is 28.9 Å². The zero-order valence-corrected chi connectivity index (χ0v) is 30.4. The third kappa shape index (κ3) is 7.66. The molecule has 0 aliphatic carbocycles. The fourth-order valence-electron chi connectivity index (χ4n) is 7.77. The number of hydrogen-bond acceptors (Lipinski definition) is 7. The molecule has 2 aromatic rings. The van der Waals surface area contributed by atoms with E-state index < -0.39 is 31.6 Å². The Kier molecular flexibility index (Phi) is 11.4. The molecule has 12 heteroatoms. The van der Waals surface area contributed by atoms with Crippen molar-refractivity contribution in [3.8, 4) is 0 Å². The molecule has 1 spiro atoms. The number of amides is 2. The molecule has 48 heavy (non-hydrogen) atoms. The molecule has 3 N–H and O–H groups in total. The zero-order valence-electron chi connectivity index (χ0n) is 29.4. The van der Waals surface area contributed by atoms with Crippen molar-refractivity contribution in [2.75, 3.05) is 36.5 Å². The van der Waals surface area contributed by atoms with E-state index in [0.717, 1.165) is 37.9 Å². The fourth-order valence-corrected chi connectivity index (χ4v) is 10.3. The molecule has 5 atom stereocenters. The number of benzene rings is 1. The lowest BCUT2D eigenvalue weighted by atomic mass is 9.82. The Bertz CT molecular complexity index is 1530. The first kappa shape index (κ1) is 36.1. The molecule has 2 saturated heterocycles. The van der Waals surface area contributed by atoms with Gasteiger partial charge in [0.1, 0.15) is 0 Å². The number of fused-ring (bicyclic) bond motifs is 2. The predicted molar refractivity (Wildman–Crippen MR) is 189 cm³/mol. The number of aliphatic hydroxyl groups is 1.